The van der Waals surface area contributed by atoms with Crippen molar-refractivity contribution in [3.05, 3.63) is 95.1 Å². The second-order valence-electron chi connectivity index (χ2n) is 8.43. The maximum atomic E-state index is 10.0. The van der Waals surface area contributed by atoms with Gasteiger partial charge in [-0.05, 0) is 59.7 Å². The van der Waals surface area contributed by atoms with Gasteiger partial charge in [0, 0.05) is 23.3 Å². The first-order chi connectivity index (χ1) is 17.2. The van der Waals surface area contributed by atoms with E-state index in [4.69, 9.17) is 9.47 Å². The molecule has 2 atom stereocenters. The maximum Gasteiger partial charge on any atom is 0.165 e. The molecule has 5 rings (SSSR count). The number of phenols is 6. The average molecular weight is 486 g/mol. The van der Waals surface area contributed by atoms with Crippen molar-refractivity contribution in [3.63, 3.8) is 0 Å². The van der Waals surface area contributed by atoms with Gasteiger partial charge in [0.15, 0.2) is 35.2 Å². The van der Waals surface area contributed by atoms with E-state index in [1.807, 2.05) is 0 Å². The third kappa shape index (κ3) is 4.65. The van der Waals surface area contributed by atoms with Crippen LogP contribution >= 0.6 is 0 Å². The Bertz CT molecular complexity index is 1440. The Hall–Kier alpha value is -4.98. The van der Waals surface area contributed by atoms with E-state index < -0.39 is 12.2 Å². The van der Waals surface area contributed by atoms with Gasteiger partial charge in [0.1, 0.15) is 23.0 Å². The molecule has 0 saturated heterocycles. The van der Waals surface area contributed by atoms with Crippen molar-refractivity contribution < 1.29 is 40.1 Å². The van der Waals surface area contributed by atoms with Gasteiger partial charge in [0.05, 0.1) is 0 Å². The lowest BCUT2D eigenvalue weighted by molar-refractivity contribution is 0.0180. The fourth-order valence-corrected chi connectivity index (χ4v) is 4.11. The van der Waals surface area contributed by atoms with E-state index in [0.717, 1.165) is 5.56 Å². The smallest absolute Gasteiger partial charge is 0.165 e. The van der Waals surface area contributed by atoms with Gasteiger partial charge in [-0.3, -0.25) is 0 Å². The highest BCUT2D eigenvalue weighted by molar-refractivity contribution is 5.72. The van der Waals surface area contributed by atoms with Gasteiger partial charge in [-0.2, -0.15) is 0 Å². The standard InChI is InChI=1S/C28H22O8/c29-19-7-16(8-20(30)13-19)2-1-15-3-6-25-26(9-15)36-28(18-10-21(31)14-22(32)11-18)27(35-25)17-4-5-23(33)24(34)12-17/h1-14,27-34H/b2-1-/t27-,28-/m1/s1. The molecule has 0 fully saturated rings. The molecule has 8 heteroatoms. The molecule has 0 radical (unpaired) electrons. The summed E-state index contributed by atoms with van der Waals surface area (Å²) in [6.45, 7) is 0. The molecular formula is C28H22O8. The van der Waals surface area contributed by atoms with Gasteiger partial charge in [-0.1, -0.05) is 24.3 Å². The normalized spacial score (nSPS) is 16.8. The molecule has 4 aromatic rings. The van der Waals surface area contributed by atoms with Crippen LogP contribution in [-0.2, 0) is 0 Å². The van der Waals surface area contributed by atoms with Gasteiger partial charge in [0.2, 0.25) is 0 Å². The number of ether oxygens (including phenoxy) is 2. The highest BCUT2D eigenvalue weighted by Crippen LogP contribution is 2.48. The van der Waals surface area contributed by atoms with E-state index in [9.17, 15) is 30.6 Å². The van der Waals surface area contributed by atoms with E-state index in [0.29, 0.717) is 28.2 Å². The van der Waals surface area contributed by atoms with E-state index >= 15 is 0 Å². The Morgan fingerprint density at radius 1 is 0.472 bits per heavy atom. The molecule has 6 N–H and O–H groups in total. The maximum absolute atomic E-state index is 10.0. The third-order valence-corrected chi connectivity index (χ3v) is 5.73. The fraction of sp³-hybridized carbons (Fsp3) is 0.0714. The second kappa shape index (κ2) is 8.99. The zero-order valence-electron chi connectivity index (χ0n) is 18.7. The first-order valence-electron chi connectivity index (χ1n) is 11.0. The third-order valence-electron chi connectivity index (χ3n) is 5.73. The second-order valence-corrected chi connectivity index (χ2v) is 8.43. The number of benzene rings is 4. The van der Waals surface area contributed by atoms with Crippen molar-refractivity contribution in [1.82, 2.24) is 0 Å². The van der Waals surface area contributed by atoms with Crippen molar-refractivity contribution in [3.8, 4) is 46.0 Å². The predicted octanol–water partition coefficient (Wildman–Crippen LogP) is 5.34. The highest BCUT2D eigenvalue weighted by Gasteiger charge is 2.35. The molecule has 0 unspecified atom stereocenters. The summed E-state index contributed by atoms with van der Waals surface area (Å²) in [6.07, 6.45) is 1.90. The first-order valence-corrected chi connectivity index (χ1v) is 11.0. The van der Waals surface area contributed by atoms with Crippen molar-refractivity contribution in [2.75, 3.05) is 0 Å². The van der Waals surface area contributed by atoms with Crippen LogP contribution in [0, 0.1) is 0 Å². The summed E-state index contributed by atoms with van der Waals surface area (Å²) in [7, 11) is 0. The SMILES string of the molecule is Oc1cc(O)cc(/C=C\c2ccc3c(c2)O[C@H](c2cc(O)cc(O)c2)[C@@H](c2ccc(O)c(O)c2)O3)c1. The minimum absolute atomic E-state index is 0.0552. The van der Waals surface area contributed by atoms with Crippen LogP contribution in [0.4, 0.5) is 0 Å². The van der Waals surface area contributed by atoms with Gasteiger partial charge < -0.3 is 40.1 Å². The summed E-state index contributed by atoms with van der Waals surface area (Å²) in [5.41, 5.74) is 2.30. The zero-order chi connectivity index (χ0) is 25.4. The molecule has 0 amide bonds. The van der Waals surface area contributed by atoms with Crippen LogP contribution in [0.2, 0.25) is 0 Å². The molecule has 36 heavy (non-hydrogen) atoms. The lowest BCUT2D eigenvalue weighted by atomic mass is 9.95. The summed E-state index contributed by atoms with van der Waals surface area (Å²) in [6, 6.07) is 17.9. The molecule has 4 aromatic carbocycles. The van der Waals surface area contributed by atoms with Crippen LogP contribution in [0.1, 0.15) is 34.5 Å². The van der Waals surface area contributed by atoms with Crippen LogP contribution in [0.5, 0.6) is 46.0 Å². The quantitative estimate of drug-likeness (QED) is 0.168. The molecule has 0 aromatic heterocycles. The largest absolute Gasteiger partial charge is 0.508 e. The van der Waals surface area contributed by atoms with E-state index in [2.05, 4.69) is 0 Å². The average Bonchev–Trinajstić information content (AvgIpc) is 2.82. The molecular weight excluding hydrogens is 464 g/mol. The fourth-order valence-electron chi connectivity index (χ4n) is 4.11. The molecule has 0 spiro atoms. The topological polar surface area (TPSA) is 140 Å². The van der Waals surface area contributed by atoms with Gasteiger partial charge in [-0.25, -0.2) is 0 Å². The predicted molar refractivity (Wildman–Crippen MR) is 131 cm³/mol. The molecule has 1 aliphatic heterocycles. The molecule has 1 aliphatic rings. The monoisotopic (exact) mass is 486 g/mol. The minimum Gasteiger partial charge on any atom is -0.508 e. The van der Waals surface area contributed by atoms with Crippen LogP contribution in [0.15, 0.2) is 72.8 Å². The number of aromatic hydroxyl groups is 6. The zero-order valence-corrected chi connectivity index (χ0v) is 18.7. The van der Waals surface area contributed by atoms with Crippen molar-refractivity contribution >= 4 is 12.2 Å². The summed E-state index contributed by atoms with van der Waals surface area (Å²) in [5.74, 6) is -0.184. The Labute approximate surface area is 205 Å². The van der Waals surface area contributed by atoms with Gasteiger partial charge in [0.25, 0.3) is 0 Å². The van der Waals surface area contributed by atoms with Crippen molar-refractivity contribution in [2.45, 2.75) is 12.2 Å². The summed E-state index contributed by atoms with van der Waals surface area (Å²) >= 11 is 0. The number of hydrogen-bond donors (Lipinski definition) is 6. The summed E-state index contributed by atoms with van der Waals surface area (Å²) in [5, 5.41) is 59.2. The molecule has 0 aliphatic carbocycles. The Kier molecular flexibility index (Phi) is 5.69. The summed E-state index contributed by atoms with van der Waals surface area (Å²) < 4.78 is 12.5. The number of rotatable bonds is 4. The molecule has 1 heterocycles. The lowest BCUT2D eigenvalue weighted by Crippen LogP contribution is -2.26. The van der Waals surface area contributed by atoms with Crippen LogP contribution < -0.4 is 9.47 Å². The lowest BCUT2D eigenvalue weighted by Gasteiger charge is -2.35. The van der Waals surface area contributed by atoms with Crippen molar-refractivity contribution in [2.24, 2.45) is 0 Å². The molecule has 0 saturated carbocycles. The minimum atomic E-state index is -0.818. The highest BCUT2D eigenvalue weighted by atomic mass is 16.6. The van der Waals surface area contributed by atoms with E-state index in [-0.39, 0.29) is 34.5 Å². The molecule has 8 nitrogen and oxygen atoms in total. The summed E-state index contributed by atoms with van der Waals surface area (Å²) in [4.78, 5) is 0. The number of hydrogen-bond acceptors (Lipinski definition) is 8. The number of fused-ring (bicyclic) bond motifs is 1. The van der Waals surface area contributed by atoms with Crippen LogP contribution in [0.3, 0.4) is 0 Å². The number of phenolic OH excluding ortho intramolecular Hbond substituents is 6. The van der Waals surface area contributed by atoms with Crippen LogP contribution in [0.25, 0.3) is 12.2 Å². The Balaban J connectivity index is 1.52. The van der Waals surface area contributed by atoms with E-state index in [1.165, 1.54) is 48.5 Å². The van der Waals surface area contributed by atoms with Crippen molar-refractivity contribution in [1.29, 1.82) is 0 Å². The van der Waals surface area contributed by atoms with E-state index in [1.54, 1.807) is 36.4 Å². The Morgan fingerprint density at radius 3 is 1.72 bits per heavy atom. The van der Waals surface area contributed by atoms with Crippen LogP contribution in [-0.4, -0.2) is 30.6 Å². The first kappa shape index (κ1) is 22.8. The van der Waals surface area contributed by atoms with Gasteiger partial charge in [-0.15, -0.1) is 0 Å². The van der Waals surface area contributed by atoms with Gasteiger partial charge >= 0.3 is 0 Å². The Morgan fingerprint density at radius 2 is 1.06 bits per heavy atom. The molecule has 0 bridgehead atoms. The molecule has 182 valence electrons.